The third-order valence-corrected chi connectivity index (χ3v) is 3.08. The van der Waals surface area contributed by atoms with Crippen LogP contribution in [0.15, 0.2) is 41.1 Å². The molecule has 1 aromatic heterocycles. The first-order chi connectivity index (χ1) is 8.46. The van der Waals surface area contributed by atoms with Gasteiger partial charge in [0.1, 0.15) is 5.75 Å². The first-order valence-electron chi connectivity index (χ1n) is 5.09. The number of ether oxygens (including phenoxy) is 1. The molecule has 0 radical (unpaired) electrons. The molecule has 0 aliphatic carbocycles. The van der Waals surface area contributed by atoms with E-state index in [2.05, 4.69) is 4.74 Å². The van der Waals surface area contributed by atoms with Crippen LogP contribution in [-0.2, 0) is 0 Å². The summed E-state index contributed by atoms with van der Waals surface area (Å²) in [6.45, 7) is 0. The molecule has 7 heteroatoms. The fraction of sp³-hybridized carbons (Fsp3) is 0.167. The molecule has 1 heterocycles. The molecule has 2 rings (SSSR count). The minimum Gasteiger partial charge on any atom is -0.406 e. The van der Waals surface area contributed by atoms with Gasteiger partial charge >= 0.3 is 6.36 Å². The van der Waals surface area contributed by atoms with Gasteiger partial charge in [0.25, 0.3) is 0 Å². The molecule has 2 nitrogen and oxygen atoms in total. The van der Waals surface area contributed by atoms with Gasteiger partial charge in [-0.25, -0.2) is 0 Å². The van der Waals surface area contributed by atoms with Crippen LogP contribution in [0.2, 0.25) is 0 Å². The van der Waals surface area contributed by atoms with Crippen molar-refractivity contribution in [1.82, 2.24) is 0 Å². The monoisotopic (exact) mass is 309 g/mol. The number of halogens is 4. The molecule has 0 amide bonds. The van der Waals surface area contributed by atoms with Gasteiger partial charge < -0.3 is 10.5 Å². The molecule has 0 saturated carbocycles. The maximum absolute atomic E-state index is 12.0. The third kappa shape index (κ3) is 4.41. The Morgan fingerprint density at radius 3 is 2.16 bits per heavy atom. The van der Waals surface area contributed by atoms with Crippen molar-refractivity contribution in [2.75, 3.05) is 0 Å². The molecule has 2 aromatic rings. The molecule has 0 aliphatic rings. The SMILES string of the molecule is Cl.N[C@@H](c1ccc(OC(F)(F)F)cc1)c1ccsc1. The predicted molar refractivity (Wildman–Crippen MR) is 70.7 cm³/mol. The van der Waals surface area contributed by atoms with E-state index in [0.29, 0.717) is 0 Å². The van der Waals surface area contributed by atoms with Gasteiger partial charge in [0.05, 0.1) is 6.04 Å². The maximum Gasteiger partial charge on any atom is 0.573 e. The van der Waals surface area contributed by atoms with E-state index in [-0.39, 0.29) is 24.2 Å². The first-order valence-corrected chi connectivity index (χ1v) is 6.03. The van der Waals surface area contributed by atoms with Gasteiger partial charge in [-0.15, -0.1) is 25.6 Å². The lowest BCUT2D eigenvalue weighted by atomic mass is 10.0. The van der Waals surface area contributed by atoms with Crippen LogP contribution in [0, 0.1) is 0 Å². The van der Waals surface area contributed by atoms with Crippen LogP contribution < -0.4 is 10.5 Å². The molecule has 2 N–H and O–H groups in total. The number of thiophene rings is 1. The van der Waals surface area contributed by atoms with Crippen LogP contribution in [-0.4, -0.2) is 6.36 Å². The van der Waals surface area contributed by atoms with Gasteiger partial charge in [0, 0.05) is 0 Å². The molecule has 1 atom stereocenters. The zero-order valence-corrected chi connectivity index (χ0v) is 11.2. The Bertz CT molecular complexity index is 499. The summed E-state index contributed by atoms with van der Waals surface area (Å²) in [6, 6.07) is 7.13. The van der Waals surface area contributed by atoms with E-state index >= 15 is 0 Å². The summed E-state index contributed by atoms with van der Waals surface area (Å²) in [5.74, 6) is -0.247. The Kier molecular flexibility index (Phi) is 5.22. The van der Waals surface area contributed by atoms with Gasteiger partial charge in [-0.1, -0.05) is 12.1 Å². The summed E-state index contributed by atoms with van der Waals surface area (Å²) in [7, 11) is 0. The average molecular weight is 310 g/mol. The molecule has 104 valence electrons. The third-order valence-electron chi connectivity index (χ3n) is 2.38. The Hall–Kier alpha value is -1.24. The van der Waals surface area contributed by atoms with E-state index in [1.54, 1.807) is 0 Å². The van der Waals surface area contributed by atoms with Crippen molar-refractivity contribution in [2.24, 2.45) is 5.73 Å². The highest BCUT2D eigenvalue weighted by atomic mass is 35.5. The van der Waals surface area contributed by atoms with Crippen LogP contribution in [0.1, 0.15) is 17.2 Å². The maximum atomic E-state index is 12.0. The van der Waals surface area contributed by atoms with Gasteiger partial charge in [-0.05, 0) is 40.1 Å². The second-order valence-corrected chi connectivity index (χ2v) is 4.43. The van der Waals surface area contributed by atoms with Gasteiger partial charge in [0.2, 0.25) is 0 Å². The molecule has 0 fully saturated rings. The minimum absolute atomic E-state index is 0. The molecule has 19 heavy (non-hydrogen) atoms. The summed E-state index contributed by atoms with van der Waals surface area (Å²) >= 11 is 1.52. The second kappa shape index (κ2) is 6.27. The van der Waals surface area contributed by atoms with E-state index < -0.39 is 6.36 Å². The highest BCUT2D eigenvalue weighted by molar-refractivity contribution is 7.08. The molecule has 1 aromatic carbocycles. The number of hydrogen-bond donors (Lipinski definition) is 1. The Labute approximate surface area is 118 Å². The summed E-state index contributed by atoms with van der Waals surface area (Å²) in [5.41, 5.74) is 7.66. The topological polar surface area (TPSA) is 35.2 Å². The Morgan fingerprint density at radius 1 is 1.05 bits per heavy atom. The van der Waals surface area contributed by atoms with E-state index in [1.165, 1.54) is 35.6 Å². The Balaban J connectivity index is 0.00000180. The average Bonchev–Trinajstić information content (AvgIpc) is 2.80. The minimum atomic E-state index is -4.67. The van der Waals surface area contributed by atoms with E-state index in [9.17, 15) is 13.2 Å². The van der Waals surface area contributed by atoms with Gasteiger partial charge in [0.15, 0.2) is 0 Å². The fourth-order valence-corrected chi connectivity index (χ4v) is 2.22. The predicted octanol–water partition coefficient (Wildman–Crippen LogP) is 4.12. The molecule has 0 unspecified atom stereocenters. The van der Waals surface area contributed by atoms with Crippen molar-refractivity contribution in [3.8, 4) is 5.75 Å². The molecular weight excluding hydrogens is 299 g/mol. The molecule has 0 spiro atoms. The fourth-order valence-electron chi connectivity index (χ4n) is 1.52. The number of hydrogen-bond acceptors (Lipinski definition) is 3. The molecular formula is C12H11ClF3NOS. The lowest BCUT2D eigenvalue weighted by Crippen LogP contribution is -2.17. The zero-order chi connectivity index (χ0) is 13.2. The standard InChI is InChI=1S/C12H10F3NOS.ClH/c13-12(14,15)17-10-3-1-8(2-4-10)11(16)9-5-6-18-7-9;/h1-7,11H,16H2;1H/t11-;/m0./s1. The largest absolute Gasteiger partial charge is 0.573 e. The first kappa shape index (κ1) is 15.8. The summed E-state index contributed by atoms with van der Waals surface area (Å²) in [5, 5.41) is 3.81. The molecule has 0 bridgehead atoms. The molecule has 0 saturated heterocycles. The normalized spacial score (nSPS) is 12.6. The van der Waals surface area contributed by atoms with Crippen molar-refractivity contribution < 1.29 is 17.9 Å². The lowest BCUT2D eigenvalue weighted by molar-refractivity contribution is -0.274. The van der Waals surface area contributed by atoms with E-state index in [4.69, 9.17) is 5.73 Å². The van der Waals surface area contributed by atoms with Crippen molar-refractivity contribution in [3.63, 3.8) is 0 Å². The smallest absolute Gasteiger partial charge is 0.406 e. The number of alkyl halides is 3. The van der Waals surface area contributed by atoms with Crippen LogP contribution in [0.4, 0.5) is 13.2 Å². The van der Waals surface area contributed by atoms with Crippen LogP contribution >= 0.6 is 23.7 Å². The highest BCUT2D eigenvalue weighted by Gasteiger charge is 2.31. The van der Waals surface area contributed by atoms with Crippen molar-refractivity contribution in [1.29, 1.82) is 0 Å². The highest BCUT2D eigenvalue weighted by Crippen LogP contribution is 2.26. The Morgan fingerprint density at radius 2 is 1.68 bits per heavy atom. The quantitative estimate of drug-likeness (QED) is 0.925. The van der Waals surface area contributed by atoms with E-state index in [0.717, 1.165) is 11.1 Å². The summed E-state index contributed by atoms with van der Waals surface area (Å²) < 4.78 is 39.7. The van der Waals surface area contributed by atoms with Crippen LogP contribution in [0.3, 0.4) is 0 Å². The van der Waals surface area contributed by atoms with Gasteiger partial charge in [-0.2, -0.15) is 11.3 Å². The number of nitrogens with two attached hydrogens (primary N) is 1. The van der Waals surface area contributed by atoms with Crippen molar-refractivity contribution >= 4 is 23.7 Å². The summed E-state index contributed by atoms with van der Waals surface area (Å²) in [6.07, 6.45) is -4.67. The van der Waals surface area contributed by atoms with Crippen molar-refractivity contribution in [3.05, 3.63) is 52.2 Å². The van der Waals surface area contributed by atoms with Crippen molar-refractivity contribution in [2.45, 2.75) is 12.4 Å². The van der Waals surface area contributed by atoms with Gasteiger partial charge in [-0.3, -0.25) is 0 Å². The number of benzene rings is 1. The summed E-state index contributed by atoms with van der Waals surface area (Å²) in [4.78, 5) is 0. The van der Waals surface area contributed by atoms with Crippen LogP contribution in [0.25, 0.3) is 0 Å². The zero-order valence-electron chi connectivity index (χ0n) is 9.55. The number of rotatable bonds is 3. The van der Waals surface area contributed by atoms with E-state index in [1.807, 2.05) is 16.8 Å². The lowest BCUT2D eigenvalue weighted by Gasteiger charge is -2.12. The second-order valence-electron chi connectivity index (χ2n) is 3.65. The molecule has 0 aliphatic heterocycles. The van der Waals surface area contributed by atoms with Crippen LogP contribution in [0.5, 0.6) is 5.75 Å².